The lowest BCUT2D eigenvalue weighted by atomic mass is 9.92. The van der Waals surface area contributed by atoms with Crippen molar-refractivity contribution in [3.8, 4) is 0 Å². The Labute approximate surface area is 220 Å². The van der Waals surface area contributed by atoms with Crippen LogP contribution in [0.5, 0.6) is 0 Å². The summed E-state index contributed by atoms with van der Waals surface area (Å²) in [5.74, 6) is -3.68. The number of anilines is 2. The van der Waals surface area contributed by atoms with Crippen LogP contribution in [0.2, 0.25) is 0 Å². The molecule has 0 aliphatic rings. The molecule has 192 valence electrons. The van der Waals surface area contributed by atoms with Crippen molar-refractivity contribution >= 4 is 11.4 Å². The van der Waals surface area contributed by atoms with E-state index in [1.54, 1.807) is 0 Å². The molecule has 2 N–H and O–H groups in total. The maximum absolute atomic E-state index is 12.4. The normalized spacial score (nSPS) is 14.4. The van der Waals surface area contributed by atoms with E-state index in [-0.39, 0.29) is 12.8 Å². The summed E-state index contributed by atoms with van der Waals surface area (Å²) in [5.41, 5.74) is 4.56. The van der Waals surface area contributed by atoms with E-state index in [2.05, 4.69) is 0 Å². The van der Waals surface area contributed by atoms with Gasteiger partial charge in [-0.05, 0) is 23.3 Å². The van der Waals surface area contributed by atoms with Gasteiger partial charge in [0, 0.05) is 63.5 Å². The molecule has 0 spiro atoms. The van der Waals surface area contributed by atoms with Gasteiger partial charge in [0.15, 0.2) is 0 Å². The topological polar surface area (TPSA) is 56.2 Å². The van der Waals surface area contributed by atoms with Crippen LogP contribution in [0.25, 0.3) is 0 Å². The quantitative estimate of drug-likeness (QED) is 0.292. The fourth-order valence-corrected chi connectivity index (χ4v) is 4.78. The van der Waals surface area contributed by atoms with Crippen molar-refractivity contribution < 1.29 is 14.9 Å². The molecule has 0 fully saturated rings. The van der Waals surface area contributed by atoms with Gasteiger partial charge in [-0.2, -0.15) is 0 Å². The van der Waals surface area contributed by atoms with Crippen molar-refractivity contribution in [2.24, 2.45) is 0 Å². The lowest BCUT2D eigenvalue weighted by Gasteiger charge is -2.41. The van der Waals surface area contributed by atoms with Crippen molar-refractivity contribution in [2.45, 2.75) is 24.4 Å². The summed E-state index contributed by atoms with van der Waals surface area (Å²) in [6.07, 6.45) is 0.305. The minimum Gasteiger partial charge on any atom is -0.377 e. The van der Waals surface area contributed by atoms with Gasteiger partial charge in [0.05, 0.1) is 0 Å². The SMILES string of the molecule is CN(C)c1ccccc1C(O)(Cc1ccccc1)OC(O)(Cc1ccccc1)c1ccccc1N(C)C. The molecule has 4 rings (SSSR count). The summed E-state index contributed by atoms with van der Waals surface area (Å²) in [7, 11) is 7.72. The molecule has 4 aromatic rings. The molecule has 0 radical (unpaired) electrons. The minimum atomic E-state index is -1.84. The highest BCUT2D eigenvalue weighted by molar-refractivity contribution is 5.56. The van der Waals surface area contributed by atoms with Crippen LogP contribution < -0.4 is 9.80 Å². The molecular weight excluding hydrogens is 460 g/mol. The first kappa shape index (κ1) is 26.4. The largest absolute Gasteiger partial charge is 0.377 e. The maximum atomic E-state index is 12.4. The second-order valence-electron chi connectivity index (χ2n) is 9.82. The molecule has 0 saturated carbocycles. The average molecular weight is 497 g/mol. The Kier molecular flexibility index (Phi) is 7.98. The lowest BCUT2D eigenvalue weighted by Crippen LogP contribution is -2.45. The second kappa shape index (κ2) is 11.2. The van der Waals surface area contributed by atoms with Crippen LogP contribution >= 0.6 is 0 Å². The number of ether oxygens (including phenoxy) is 1. The number of aliphatic hydroxyl groups is 2. The van der Waals surface area contributed by atoms with Crippen LogP contribution in [0.3, 0.4) is 0 Å². The molecule has 2 atom stereocenters. The molecule has 37 heavy (non-hydrogen) atoms. The van der Waals surface area contributed by atoms with Gasteiger partial charge in [-0.1, -0.05) is 97.1 Å². The maximum Gasteiger partial charge on any atom is 0.201 e. The standard InChI is InChI=1S/C32H36N2O3/c1-33(2)29-21-13-11-19-27(29)31(35,23-25-15-7-5-8-16-25)37-32(36,24-26-17-9-6-10-18-26)28-20-12-14-22-30(28)34(3)4/h5-22,35-36H,23-24H2,1-4H3. The van der Waals surface area contributed by atoms with Gasteiger partial charge in [-0.3, -0.25) is 0 Å². The van der Waals surface area contributed by atoms with Crippen LogP contribution in [-0.4, -0.2) is 38.4 Å². The first-order valence-corrected chi connectivity index (χ1v) is 12.5. The third-order valence-corrected chi connectivity index (χ3v) is 6.52. The van der Waals surface area contributed by atoms with Gasteiger partial charge in [0.2, 0.25) is 11.6 Å². The number of benzene rings is 4. The third kappa shape index (κ3) is 6.03. The van der Waals surface area contributed by atoms with Crippen LogP contribution in [0.1, 0.15) is 22.3 Å². The first-order valence-electron chi connectivity index (χ1n) is 12.5. The fraction of sp³-hybridized carbons (Fsp3) is 0.250. The molecule has 0 amide bonds. The van der Waals surface area contributed by atoms with Gasteiger partial charge in [0.25, 0.3) is 0 Å². The van der Waals surface area contributed by atoms with Gasteiger partial charge >= 0.3 is 0 Å². The highest BCUT2D eigenvalue weighted by atomic mass is 16.7. The number of nitrogens with zero attached hydrogens (tertiary/aromatic N) is 2. The van der Waals surface area contributed by atoms with Gasteiger partial charge in [-0.15, -0.1) is 0 Å². The fourth-order valence-electron chi connectivity index (χ4n) is 4.78. The lowest BCUT2D eigenvalue weighted by molar-refractivity contribution is -0.348. The Morgan fingerprint density at radius 2 is 0.838 bits per heavy atom. The Morgan fingerprint density at radius 1 is 0.514 bits per heavy atom. The Bertz CT molecular complexity index is 1190. The van der Waals surface area contributed by atoms with Crippen molar-refractivity contribution in [3.05, 3.63) is 131 Å². The molecule has 5 nitrogen and oxygen atoms in total. The predicted octanol–water partition coefficient (Wildman–Crippen LogP) is 5.31. The summed E-state index contributed by atoms with van der Waals surface area (Å²) >= 11 is 0. The second-order valence-corrected chi connectivity index (χ2v) is 9.82. The van der Waals surface area contributed by atoms with E-state index < -0.39 is 11.6 Å². The summed E-state index contributed by atoms with van der Waals surface area (Å²) in [4.78, 5) is 3.89. The molecule has 4 aromatic carbocycles. The molecule has 0 saturated heterocycles. The van der Waals surface area contributed by atoms with E-state index in [0.717, 1.165) is 22.5 Å². The van der Waals surface area contributed by atoms with E-state index in [1.807, 2.05) is 147 Å². The molecular formula is C32H36N2O3. The van der Waals surface area contributed by atoms with Crippen LogP contribution in [0, 0.1) is 0 Å². The van der Waals surface area contributed by atoms with Crippen molar-refractivity contribution in [1.29, 1.82) is 0 Å². The Morgan fingerprint density at radius 3 is 1.19 bits per heavy atom. The summed E-state index contributed by atoms with van der Waals surface area (Å²) in [5, 5.41) is 24.9. The molecule has 0 aromatic heterocycles. The molecule has 0 bridgehead atoms. The van der Waals surface area contributed by atoms with E-state index in [1.165, 1.54) is 0 Å². The minimum absolute atomic E-state index is 0.153. The van der Waals surface area contributed by atoms with Crippen molar-refractivity contribution in [3.63, 3.8) is 0 Å². The molecule has 0 heterocycles. The summed E-state index contributed by atoms with van der Waals surface area (Å²) in [6, 6.07) is 34.7. The number of hydrogen-bond acceptors (Lipinski definition) is 5. The van der Waals surface area contributed by atoms with Gasteiger partial charge < -0.3 is 24.7 Å². The molecule has 5 heteroatoms. The Balaban J connectivity index is 1.90. The predicted molar refractivity (Wildman–Crippen MR) is 151 cm³/mol. The van der Waals surface area contributed by atoms with Gasteiger partial charge in [-0.25, -0.2) is 0 Å². The highest BCUT2D eigenvalue weighted by Gasteiger charge is 2.45. The molecule has 0 aliphatic heterocycles. The summed E-state index contributed by atoms with van der Waals surface area (Å²) < 4.78 is 6.65. The number of rotatable bonds is 10. The van der Waals surface area contributed by atoms with E-state index in [0.29, 0.717) is 11.1 Å². The monoisotopic (exact) mass is 496 g/mol. The summed E-state index contributed by atoms with van der Waals surface area (Å²) in [6.45, 7) is 0. The van der Waals surface area contributed by atoms with E-state index in [4.69, 9.17) is 4.74 Å². The number of hydrogen-bond donors (Lipinski definition) is 2. The zero-order valence-electron chi connectivity index (χ0n) is 22.0. The number of para-hydroxylation sites is 2. The smallest absolute Gasteiger partial charge is 0.201 e. The van der Waals surface area contributed by atoms with Crippen molar-refractivity contribution in [2.75, 3.05) is 38.0 Å². The third-order valence-electron chi connectivity index (χ3n) is 6.52. The van der Waals surface area contributed by atoms with Crippen LogP contribution in [-0.2, 0) is 29.2 Å². The molecule has 2 unspecified atom stereocenters. The zero-order valence-corrected chi connectivity index (χ0v) is 22.0. The molecule has 0 aliphatic carbocycles. The van der Waals surface area contributed by atoms with Gasteiger partial charge in [0.1, 0.15) is 0 Å². The van der Waals surface area contributed by atoms with E-state index >= 15 is 0 Å². The van der Waals surface area contributed by atoms with Crippen molar-refractivity contribution in [1.82, 2.24) is 0 Å². The first-order chi connectivity index (χ1) is 17.7. The van der Waals surface area contributed by atoms with Crippen LogP contribution in [0.4, 0.5) is 11.4 Å². The van der Waals surface area contributed by atoms with Crippen LogP contribution in [0.15, 0.2) is 109 Å². The Hall–Kier alpha value is -3.64. The zero-order chi connectivity index (χ0) is 26.5. The average Bonchev–Trinajstić information content (AvgIpc) is 2.89. The highest BCUT2D eigenvalue weighted by Crippen LogP contribution is 2.43. The van der Waals surface area contributed by atoms with E-state index in [9.17, 15) is 10.2 Å².